The summed E-state index contributed by atoms with van der Waals surface area (Å²) in [5, 5.41) is 0.732. The van der Waals surface area contributed by atoms with E-state index in [1.165, 1.54) is 12.1 Å². The molecule has 0 amide bonds. The molecule has 0 unspecified atom stereocenters. The van der Waals surface area contributed by atoms with Crippen LogP contribution in [0.5, 0.6) is 0 Å². The fourth-order valence-corrected chi connectivity index (χ4v) is 1.99. The Morgan fingerprint density at radius 2 is 1.53 bits per heavy atom. The van der Waals surface area contributed by atoms with Gasteiger partial charge < -0.3 is 11.5 Å². The number of fused-ring (bicyclic) bond motifs is 1. The lowest BCUT2D eigenvalue weighted by atomic mass is 10.0. The molecule has 0 aliphatic carbocycles. The van der Waals surface area contributed by atoms with Gasteiger partial charge in [0.2, 0.25) is 5.95 Å². The Hall–Kier alpha value is -2.69. The lowest BCUT2D eigenvalue weighted by Crippen LogP contribution is -2.00. The van der Waals surface area contributed by atoms with Crippen LogP contribution < -0.4 is 11.5 Å². The highest BCUT2D eigenvalue weighted by atomic mass is 19.1. The second-order valence-corrected chi connectivity index (χ2v) is 4.21. The Balaban J connectivity index is 2.19. The summed E-state index contributed by atoms with van der Waals surface area (Å²) in [6.45, 7) is 0. The van der Waals surface area contributed by atoms with Crippen molar-refractivity contribution in [1.82, 2.24) is 9.97 Å². The molecule has 3 rings (SSSR count). The van der Waals surface area contributed by atoms with Crippen LogP contribution in [-0.4, -0.2) is 9.97 Å². The number of nitrogens with two attached hydrogens (primary N) is 2. The second-order valence-electron chi connectivity index (χ2n) is 4.21. The lowest BCUT2D eigenvalue weighted by molar-refractivity contribution is 0.628. The molecule has 0 saturated heterocycles. The number of hydrogen-bond acceptors (Lipinski definition) is 4. The molecule has 4 nitrogen and oxygen atoms in total. The third kappa shape index (κ3) is 2.06. The molecule has 94 valence electrons. The van der Waals surface area contributed by atoms with Crippen LogP contribution in [0.25, 0.3) is 22.0 Å². The molecule has 5 heteroatoms. The molecule has 1 aromatic heterocycles. The van der Waals surface area contributed by atoms with Crippen LogP contribution in [0, 0.1) is 5.82 Å². The van der Waals surface area contributed by atoms with Crippen molar-refractivity contribution in [2.24, 2.45) is 0 Å². The van der Waals surface area contributed by atoms with Gasteiger partial charge in [0.15, 0.2) is 0 Å². The molecule has 1 heterocycles. The fraction of sp³-hybridized carbons (Fsp3) is 0. The summed E-state index contributed by atoms with van der Waals surface area (Å²) in [7, 11) is 0. The van der Waals surface area contributed by atoms with Crippen LogP contribution in [-0.2, 0) is 0 Å². The molecule has 0 bridgehead atoms. The lowest BCUT2D eigenvalue weighted by Gasteiger charge is -2.06. The summed E-state index contributed by atoms with van der Waals surface area (Å²) >= 11 is 0. The van der Waals surface area contributed by atoms with E-state index in [9.17, 15) is 4.39 Å². The first kappa shape index (κ1) is 11.4. The quantitative estimate of drug-likeness (QED) is 0.699. The van der Waals surface area contributed by atoms with Gasteiger partial charge >= 0.3 is 0 Å². The van der Waals surface area contributed by atoms with E-state index in [-0.39, 0.29) is 11.8 Å². The Kier molecular flexibility index (Phi) is 2.52. The van der Waals surface area contributed by atoms with Gasteiger partial charge in [0.05, 0.1) is 5.52 Å². The molecule has 2 aromatic carbocycles. The van der Waals surface area contributed by atoms with Crippen LogP contribution >= 0.6 is 0 Å². The molecule has 0 spiro atoms. The first-order valence-electron chi connectivity index (χ1n) is 5.72. The van der Waals surface area contributed by atoms with E-state index in [1.54, 1.807) is 12.1 Å². The summed E-state index contributed by atoms with van der Waals surface area (Å²) in [6.07, 6.45) is 0. The van der Waals surface area contributed by atoms with E-state index < -0.39 is 0 Å². The molecule has 0 atom stereocenters. The van der Waals surface area contributed by atoms with Gasteiger partial charge in [0, 0.05) is 5.39 Å². The van der Waals surface area contributed by atoms with Crippen molar-refractivity contribution in [2.45, 2.75) is 0 Å². The van der Waals surface area contributed by atoms with E-state index in [0.29, 0.717) is 11.3 Å². The highest BCUT2D eigenvalue weighted by Gasteiger charge is 2.05. The molecule has 0 fully saturated rings. The van der Waals surface area contributed by atoms with Gasteiger partial charge in [-0.05, 0) is 35.4 Å². The number of nitrogens with zero attached hydrogens (tertiary/aromatic N) is 2. The molecule has 19 heavy (non-hydrogen) atoms. The van der Waals surface area contributed by atoms with Gasteiger partial charge in [-0.25, -0.2) is 9.37 Å². The molecular weight excluding hydrogens is 243 g/mol. The van der Waals surface area contributed by atoms with Gasteiger partial charge in [-0.1, -0.05) is 18.2 Å². The minimum absolute atomic E-state index is 0.152. The van der Waals surface area contributed by atoms with Crippen molar-refractivity contribution in [3.05, 3.63) is 48.3 Å². The number of rotatable bonds is 1. The third-order valence-corrected chi connectivity index (χ3v) is 2.92. The zero-order chi connectivity index (χ0) is 13.4. The molecule has 3 aromatic rings. The van der Waals surface area contributed by atoms with Gasteiger partial charge in [0.25, 0.3) is 0 Å². The van der Waals surface area contributed by atoms with Gasteiger partial charge in [-0.2, -0.15) is 4.98 Å². The van der Waals surface area contributed by atoms with Crippen molar-refractivity contribution in [3.8, 4) is 11.1 Å². The number of aromatic nitrogens is 2. The van der Waals surface area contributed by atoms with Gasteiger partial charge in [0.1, 0.15) is 11.6 Å². The molecule has 0 radical (unpaired) electrons. The number of benzene rings is 2. The average molecular weight is 254 g/mol. The third-order valence-electron chi connectivity index (χ3n) is 2.92. The fourth-order valence-electron chi connectivity index (χ4n) is 1.99. The Labute approximate surface area is 108 Å². The normalized spacial score (nSPS) is 10.8. The standard InChI is InChI=1S/C14H11FN4/c15-10-4-1-8(2-5-10)9-3-6-12-11(7-9)13(16)19-14(17)18-12/h1-7H,(H4,16,17,18,19). The van der Waals surface area contributed by atoms with Crippen molar-refractivity contribution < 1.29 is 4.39 Å². The van der Waals surface area contributed by atoms with E-state index in [0.717, 1.165) is 16.5 Å². The molecule has 4 N–H and O–H groups in total. The average Bonchev–Trinajstić information content (AvgIpc) is 2.39. The zero-order valence-electron chi connectivity index (χ0n) is 9.97. The Morgan fingerprint density at radius 1 is 0.842 bits per heavy atom. The summed E-state index contributed by atoms with van der Waals surface area (Å²) in [5.41, 5.74) is 13.9. The SMILES string of the molecule is Nc1nc(N)c2cc(-c3ccc(F)cc3)ccc2n1. The monoisotopic (exact) mass is 254 g/mol. The zero-order valence-corrected chi connectivity index (χ0v) is 9.97. The highest BCUT2D eigenvalue weighted by molar-refractivity contribution is 5.92. The van der Waals surface area contributed by atoms with Gasteiger partial charge in [-0.3, -0.25) is 0 Å². The molecule has 0 saturated carbocycles. The minimum atomic E-state index is -0.264. The van der Waals surface area contributed by atoms with E-state index in [1.807, 2.05) is 18.2 Å². The largest absolute Gasteiger partial charge is 0.383 e. The summed E-state index contributed by atoms with van der Waals surface area (Å²) in [5.74, 6) is 0.228. The summed E-state index contributed by atoms with van der Waals surface area (Å²) in [4.78, 5) is 8.05. The Bertz CT molecular complexity index is 753. The Morgan fingerprint density at radius 3 is 2.26 bits per heavy atom. The van der Waals surface area contributed by atoms with E-state index >= 15 is 0 Å². The second kappa shape index (κ2) is 4.20. The maximum Gasteiger partial charge on any atom is 0.222 e. The van der Waals surface area contributed by atoms with Crippen molar-refractivity contribution in [1.29, 1.82) is 0 Å². The maximum atomic E-state index is 12.9. The van der Waals surface area contributed by atoms with Crippen molar-refractivity contribution in [3.63, 3.8) is 0 Å². The van der Waals surface area contributed by atoms with Crippen LogP contribution in [0.15, 0.2) is 42.5 Å². The van der Waals surface area contributed by atoms with Crippen LogP contribution in [0.1, 0.15) is 0 Å². The van der Waals surface area contributed by atoms with Crippen LogP contribution in [0.2, 0.25) is 0 Å². The number of halogens is 1. The predicted octanol–water partition coefficient (Wildman–Crippen LogP) is 2.60. The predicted molar refractivity (Wildman–Crippen MR) is 73.8 cm³/mol. The summed E-state index contributed by atoms with van der Waals surface area (Å²) in [6, 6.07) is 11.8. The number of anilines is 2. The smallest absolute Gasteiger partial charge is 0.222 e. The molecular formula is C14H11FN4. The maximum absolute atomic E-state index is 12.9. The van der Waals surface area contributed by atoms with Crippen molar-refractivity contribution in [2.75, 3.05) is 11.5 Å². The first-order valence-corrected chi connectivity index (χ1v) is 5.72. The van der Waals surface area contributed by atoms with Crippen LogP contribution in [0.4, 0.5) is 16.2 Å². The summed E-state index contributed by atoms with van der Waals surface area (Å²) < 4.78 is 12.9. The van der Waals surface area contributed by atoms with Crippen molar-refractivity contribution >= 4 is 22.7 Å². The van der Waals surface area contributed by atoms with Gasteiger partial charge in [-0.15, -0.1) is 0 Å². The molecule has 0 aliphatic heterocycles. The first-order chi connectivity index (χ1) is 9.13. The number of hydrogen-bond donors (Lipinski definition) is 2. The topological polar surface area (TPSA) is 77.8 Å². The van der Waals surface area contributed by atoms with E-state index in [4.69, 9.17) is 11.5 Å². The highest BCUT2D eigenvalue weighted by Crippen LogP contribution is 2.26. The minimum Gasteiger partial charge on any atom is -0.383 e. The van der Waals surface area contributed by atoms with Crippen LogP contribution in [0.3, 0.4) is 0 Å². The number of nitrogen functional groups attached to an aromatic ring is 2. The molecule has 0 aliphatic rings. The van der Waals surface area contributed by atoms with E-state index in [2.05, 4.69) is 9.97 Å².